The van der Waals surface area contributed by atoms with Gasteiger partial charge in [0.2, 0.25) is 0 Å². The van der Waals surface area contributed by atoms with Crippen molar-refractivity contribution in [2.45, 2.75) is 13.5 Å². The quantitative estimate of drug-likeness (QED) is 0.413. The lowest BCUT2D eigenvalue weighted by molar-refractivity contribution is -0.120. The highest BCUT2D eigenvalue weighted by molar-refractivity contribution is 6.33. The monoisotopic (exact) mass is 435 g/mol. The Morgan fingerprint density at radius 1 is 1.00 bits per heavy atom. The minimum absolute atomic E-state index is 0.215. The molecular formula is C24H22ClN3O3. The molecule has 0 aromatic heterocycles. The molecular weight excluding hydrogens is 414 g/mol. The van der Waals surface area contributed by atoms with E-state index in [1.165, 1.54) is 11.8 Å². The van der Waals surface area contributed by atoms with Crippen LogP contribution in [0.1, 0.15) is 27.0 Å². The van der Waals surface area contributed by atoms with Crippen molar-refractivity contribution in [3.05, 3.63) is 100 Å². The molecule has 0 spiro atoms. The molecule has 3 aromatic rings. The maximum atomic E-state index is 12.0. The fourth-order valence-corrected chi connectivity index (χ4v) is 2.84. The van der Waals surface area contributed by atoms with Crippen molar-refractivity contribution in [3.63, 3.8) is 0 Å². The van der Waals surface area contributed by atoms with Crippen LogP contribution in [0.4, 0.5) is 0 Å². The zero-order chi connectivity index (χ0) is 22.1. The Labute approximate surface area is 185 Å². The van der Waals surface area contributed by atoms with Gasteiger partial charge in [0.05, 0.1) is 23.3 Å². The van der Waals surface area contributed by atoms with E-state index >= 15 is 0 Å². The van der Waals surface area contributed by atoms with Crippen molar-refractivity contribution in [2.24, 2.45) is 5.10 Å². The molecule has 2 N–H and O–H groups in total. The number of rotatable bonds is 8. The zero-order valence-corrected chi connectivity index (χ0v) is 17.7. The SMILES string of the molecule is Cc1ccc(COc2ccc(/C=N\NC(=O)CNC(=O)c3ccccc3Cl)cc2)cc1. The van der Waals surface area contributed by atoms with Crippen LogP contribution in [0.2, 0.25) is 5.02 Å². The minimum atomic E-state index is -0.449. The van der Waals surface area contributed by atoms with E-state index in [1.54, 1.807) is 24.3 Å². The summed E-state index contributed by atoms with van der Waals surface area (Å²) in [4.78, 5) is 23.9. The number of benzene rings is 3. The van der Waals surface area contributed by atoms with Gasteiger partial charge in [0.25, 0.3) is 11.8 Å². The van der Waals surface area contributed by atoms with E-state index in [9.17, 15) is 9.59 Å². The zero-order valence-electron chi connectivity index (χ0n) is 17.0. The van der Waals surface area contributed by atoms with Gasteiger partial charge in [-0.3, -0.25) is 9.59 Å². The average Bonchev–Trinajstić information content (AvgIpc) is 2.78. The van der Waals surface area contributed by atoms with Gasteiger partial charge < -0.3 is 10.1 Å². The molecule has 0 aliphatic carbocycles. The Kier molecular flexibility index (Phi) is 7.79. The van der Waals surface area contributed by atoms with Crippen molar-refractivity contribution >= 4 is 29.6 Å². The maximum Gasteiger partial charge on any atom is 0.259 e. The summed E-state index contributed by atoms with van der Waals surface area (Å²) in [5.41, 5.74) is 5.78. The van der Waals surface area contributed by atoms with Crippen LogP contribution in [0, 0.1) is 6.92 Å². The molecule has 0 saturated carbocycles. The van der Waals surface area contributed by atoms with Gasteiger partial charge in [0, 0.05) is 0 Å². The van der Waals surface area contributed by atoms with Gasteiger partial charge in [-0.15, -0.1) is 0 Å². The third-order valence-corrected chi connectivity index (χ3v) is 4.67. The van der Waals surface area contributed by atoms with E-state index in [0.29, 0.717) is 17.2 Å². The summed E-state index contributed by atoms with van der Waals surface area (Å²) in [6, 6.07) is 22.1. The smallest absolute Gasteiger partial charge is 0.259 e. The number of nitrogens with zero attached hydrogens (tertiary/aromatic N) is 1. The second kappa shape index (κ2) is 10.9. The first kappa shape index (κ1) is 22.1. The number of nitrogens with one attached hydrogen (secondary N) is 2. The van der Waals surface area contributed by atoms with E-state index in [1.807, 2.05) is 43.3 Å². The summed E-state index contributed by atoms with van der Waals surface area (Å²) in [6.45, 7) is 2.32. The third-order valence-electron chi connectivity index (χ3n) is 4.34. The van der Waals surface area contributed by atoms with Crippen LogP contribution in [-0.4, -0.2) is 24.6 Å². The molecule has 0 fully saturated rings. The van der Waals surface area contributed by atoms with Gasteiger partial charge >= 0.3 is 0 Å². The molecule has 158 valence electrons. The molecule has 0 atom stereocenters. The normalized spacial score (nSPS) is 10.6. The van der Waals surface area contributed by atoms with Gasteiger partial charge in [-0.25, -0.2) is 5.43 Å². The highest BCUT2D eigenvalue weighted by Gasteiger charge is 2.10. The summed E-state index contributed by atoms with van der Waals surface area (Å²) in [7, 11) is 0. The Bertz CT molecular complexity index is 1060. The number of halogens is 1. The molecule has 0 aliphatic rings. The molecule has 6 nitrogen and oxygen atoms in total. The van der Waals surface area contributed by atoms with Crippen molar-refractivity contribution in [3.8, 4) is 5.75 Å². The van der Waals surface area contributed by atoms with E-state index < -0.39 is 11.8 Å². The van der Waals surface area contributed by atoms with Gasteiger partial charge in [0.1, 0.15) is 12.4 Å². The van der Waals surface area contributed by atoms with E-state index in [0.717, 1.165) is 16.9 Å². The summed E-state index contributed by atoms with van der Waals surface area (Å²) in [5.74, 6) is -0.135. The van der Waals surface area contributed by atoms with Crippen LogP contribution in [0.5, 0.6) is 5.75 Å². The second-order valence-electron chi connectivity index (χ2n) is 6.80. The number of aryl methyl sites for hydroxylation is 1. The summed E-state index contributed by atoms with van der Waals surface area (Å²) in [5, 5.41) is 6.72. The number of carbonyl (C=O) groups is 2. The van der Waals surface area contributed by atoms with Gasteiger partial charge in [-0.1, -0.05) is 53.6 Å². The van der Waals surface area contributed by atoms with Crippen LogP contribution in [0.3, 0.4) is 0 Å². The van der Waals surface area contributed by atoms with Crippen molar-refractivity contribution in [2.75, 3.05) is 6.54 Å². The fraction of sp³-hybridized carbons (Fsp3) is 0.125. The van der Waals surface area contributed by atoms with E-state index in [2.05, 4.69) is 28.0 Å². The van der Waals surface area contributed by atoms with Crippen LogP contribution >= 0.6 is 11.6 Å². The summed E-state index contributed by atoms with van der Waals surface area (Å²) in [6.07, 6.45) is 1.51. The average molecular weight is 436 g/mol. The molecule has 0 radical (unpaired) electrons. The van der Waals surface area contributed by atoms with E-state index in [-0.39, 0.29) is 6.54 Å². The van der Waals surface area contributed by atoms with Crippen molar-refractivity contribution in [1.82, 2.24) is 10.7 Å². The lowest BCUT2D eigenvalue weighted by Crippen LogP contribution is -2.35. The first-order chi connectivity index (χ1) is 15.0. The number of hydrogen-bond acceptors (Lipinski definition) is 4. The highest BCUT2D eigenvalue weighted by atomic mass is 35.5. The number of carbonyl (C=O) groups excluding carboxylic acids is 2. The first-order valence-corrected chi connectivity index (χ1v) is 10.0. The molecule has 3 rings (SSSR count). The topological polar surface area (TPSA) is 79.8 Å². The van der Waals surface area contributed by atoms with Crippen LogP contribution in [0.25, 0.3) is 0 Å². The molecule has 0 bridgehead atoms. The molecule has 0 aliphatic heterocycles. The Morgan fingerprint density at radius 2 is 1.71 bits per heavy atom. The molecule has 0 heterocycles. The predicted octanol–water partition coefficient (Wildman–Crippen LogP) is 4.11. The number of ether oxygens (including phenoxy) is 1. The van der Waals surface area contributed by atoms with E-state index in [4.69, 9.17) is 16.3 Å². The van der Waals surface area contributed by atoms with Gasteiger partial charge in [0.15, 0.2) is 0 Å². The van der Waals surface area contributed by atoms with Crippen LogP contribution in [-0.2, 0) is 11.4 Å². The predicted molar refractivity (Wildman–Crippen MR) is 121 cm³/mol. The molecule has 7 heteroatoms. The Hall–Kier alpha value is -3.64. The Balaban J connectivity index is 1.41. The number of amides is 2. The molecule has 2 amide bonds. The largest absolute Gasteiger partial charge is 0.489 e. The summed E-state index contributed by atoms with van der Waals surface area (Å²) < 4.78 is 5.76. The third kappa shape index (κ3) is 6.97. The molecule has 0 saturated heterocycles. The van der Waals surface area contributed by atoms with Crippen molar-refractivity contribution < 1.29 is 14.3 Å². The fourth-order valence-electron chi connectivity index (χ4n) is 2.62. The van der Waals surface area contributed by atoms with Gasteiger partial charge in [-0.2, -0.15) is 5.10 Å². The Morgan fingerprint density at radius 3 is 2.42 bits per heavy atom. The summed E-state index contributed by atoms with van der Waals surface area (Å²) >= 11 is 5.96. The first-order valence-electron chi connectivity index (χ1n) is 9.64. The lowest BCUT2D eigenvalue weighted by Gasteiger charge is -2.07. The molecule has 3 aromatic carbocycles. The molecule has 0 unspecified atom stereocenters. The molecule has 31 heavy (non-hydrogen) atoms. The maximum absolute atomic E-state index is 12.0. The lowest BCUT2D eigenvalue weighted by atomic mass is 10.2. The highest BCUT2D eigenvalue weighted by Crippen LogP contribution is 2.15. The minimum Gasteiger partial charge on any atom is -0.489 e. The van der Waals surface area contributed by atoms with Gasteiger partial charge in [-0.05, 0) is 54.4 Å². The second-order valence-corrected chi connectivity index (χ2v) is 7.21. The van der Waals surface area contributed by atoms with Crippen LogP contribution < -0.4 is 15.5 Å². The van der Waals surface area contributed by atoms with Crippen molar-refractivity contribution in [1.29, 1.82) is 0 Å². The standard InChI is InChI=1S/C24H22ClN3O3/c1-17-6-8-19(9-7-17)16-31-20-12-10-18(11-13-20)14-27-28-23(29)15-26-24(30)21-4-2-3-5-22(21)25/h2-14H,15-16H2,1H3,(H,26,30)(H,28,29)/b27-14-. The van der Waals surface area contributed by atoms with Crippen LogP contribution in [0.15, 0.2) is 77.9 Å². The number of hydrogen-bond donors (Lipinski definition) is 2. The number of hydrazone groups is 1.